The van der Waals surface area contributed by atoms with Gasteiger partial charge in [-0.1, -0.05) is 46.7 Å². The summed E-state index contributed by atoms with van der Waals surface area (Å²) in [6.45, 7) is 2.10. The second kappa shape index (κ2) is 9.37. The Labute approximate surface area is 159 Å². The molecule has 1 amide bonds. The Hall–Kier alpha value is -1.36. The maximum absolute atomic E-state index is 12.1. The van der Waals surface area contributed by atoms with Crippen LogP contribution in [-0.2, 0) is 21.2 Å². The first-order valence-corrected chi connectivity index (χ1v) is 10.9. The molecule has 0 aliphatic carbocycles. The number of rotatable bonds is 9. The van der Waals surface area contributed by atoms with Crippen molar-refractivity contribution in [2.45, 2.75) is 37.5 Å². The number of aryl methyl sites for hydroxylation is 1. The van der Waals surface area contributed by atoms with Crippen molar-refractivity contribution in [3.63, 3.8) is 0 Å². The third kappa shape index (κ3) is 6.46. The lowest BCUT2D eigenvalue weighted by molar-refractivity contribution is -0.116. The summed E-state index contributed by atoms with van der Waals surface area (Å²) in [4.78, 5) is 12.0. The van der Waals surface area contributed by atoms with E-state index in [1.807, 2.05) is 0 Å². The number of benzene rings is 1. The van der Waals surface area contributed by atoms with Gasteiger partial charge in [0.15, 0.2) is 0 Å². The van der Waals surface area contributed by atoms with Crippen molar-refractivity contribution >= 4 is 48.3 Å². The van der Waals surface area contributed by atoms with Gasteiger partial charge in [-0.15, -0.1) is 10.2 Å². The molecule has 0 aliphatic rings. The smallest absolute Gasteiger partial charge is 0.240 e. The first-order chi connectivity index (χ1) is 11.9. The minimum Gasteiger partial charge on any atom is -0.300 e. The third-order valence-electron chi connectivity index (χ3n) is 3.21. The average Bonchev–Trinajstić information content (AvgIpc) is 3.00. The fraction of sp³-hybridized carbons (Fsp3) is 0.400. The predicted octanol–water partition coefficient (Wildman–Crippen LogP) is 2.95. The molecule has 1 aromatic carbocycles. The van der Waals surface area contributed by atoms with E-state index in [1.165, 1.54) is 23.5 Å². The molecule has 136 valence electrons. The summed E-state index contributed by atoms with van der Waals surface area (Å²) in [6, 6.07) is 6.37. The van der Waals surface area contributed by atoms with Crippen molar-refractivity contribution in [3.05, 3.63) is 33.7 Å². The number of aromatic nitrogens is 2. The first kappa shape index (κ1) is 20.0. The van der Waals surface area contributed by atoms with Gasteiger partial charge in [0.25, 0.3) is 0 Å². The minimum absolute atomic E-state index is 0.00216. The second-order valence-corrected chi connectivity index (χ2v) is 9.00. The van der Waals surface area contributed by atoms with E-state index in [0.29, 0.717) is 9.60 Å². The summed E-state index contributed by atoms with van der Waals surface area (Å²) in [7, 11) is -3.64. The highest BCUT2D eigenvalue weighted by Crippen LogP contribution is 2.18. The highest BCUT2D eigenvalue weighted by atomic mass is 79.9. The summed E-state index contributed by atoms with van der Waals surface area (Å²) in [5.41, 5.74) is 0. The maximum atomic E-state index is 12.1. The number of amides is 1. The molecule has 0 fully saturated rings. The summed E-state index contributed by atoms with van der Waals surface area (Å²) in [5, 5.41) is 11.9. The van der Waals surface area contributed by atoms with Crippen LogP contribution in [0.2, 0.25) is 0 Å². The van der Waals surface area contributed by atoms with Crippen molar-refractivity contribution in [2.75, 3.05) is 11.9 Å². The summed E-state index contributed by atoms with van der Waals surface area (Å²) >= 11 is 4.57. The topological polar surface area (TPSA) is 101 Å². The Morgan fingerprint density at radius 3 is 2.84 bits per heavy atom. The molecule has 2 rings (SSSR count). The van der Waals surface area contributed by atoms with E-state index in [-0.39, 0.29) is 23.8 Å². The quantitative estimate of drug-likeness (QED) is 0.616. The van der Waals surface area contributed by atoms with Crippen molar-refractivity contribution < 1.29 is 13.2 Å². The molecule has 0 spiro atoms. The molecule has 0 aliphatic heterocycles. The highest BCUT2D eigenvalue weighted by molar-refractivity contribution is 9.10. The molecule has 0 bridgehead atoms. The zero-order chi connectivity index (χ0) is 18.3. The molecule has 0 saturated carbocycles. The Balaban J connectivity index is 1.81. The van der Waals surface area contributed by atoms with Gasteiger partial charge in [-0.05, 0) is 24.6 Å². The van der Waals surface area contributed by atoms with Crippen LogP contribution in [-0.4, -0.2) is 31.1 Å². The first-order valence-electron chi connectivity index (χ1n) is 7.78. The van der Waals surface area contributed by atoms with E-state index >= 15 is 0 Å². The second-order valence-electron chi connectivity index (χ2n) is 5.26. The van der Waals surface area contributed by atoms with E-state index in [0.717, 1.165) is 24.3 Å². The predicted molar refractivity (Wildman–Crippen MR) is 101 cm³/mol. The molecule has 7 nitrogen and oxygen atoms in total. The molecule has 1 heterocycles. The van der Waals surface area contributed by atoms with Gasteiger partial charge in [0.1, 0.15) is 5.01 Å². The molecule has 0 radical (unpaired) electrons. The van der Waals surface area contributed by atoms with Crippen LogP contribution in [0.1, 0.15) is 31.2 Å². The Bertz CT molecular complexity index is 824. The van der Waals surface area contributed by atoms with Gasteiger partial charge in [-0.2, -0.15) is 0 Å². The lowest BCUT2D eigenvalue weighted by Crippen LogP contribution is -2.27. The average molecular weight is 447 g/mol. The Morgan fingerprint density at radius 2 is 2.12 bits per heavy atom. The van der Waals surface area contributed by atoms with Crippen LogP contribution in [0.15, 0.2) is 33.6 Å². The summed E-state index contributed by atoms with van der Waals surface area (Å²) < 4.78 is 27.4. The van der Waals surface area contributed by atoms with Gasteiger partial charge >= 0.3 is 0 Å². The van der Waals surface area contributed by atoms with Gasteiger partial charge in [0, 0.05) is 23.9 Å². The number of carbonyl (C=O) groups is 1. The van der Waals surface area contributed by atoms with E-state index in [9.17, 15) is 13.2 Å². The Kier molecular flexibility index (Phi) is 7.48. The number of unbranched alkanes of at least 4 members (excludes halogenated alkanes) is 1. The molecule has 2 N–H and O–H groups in total. The number of hydrogen-bond donors (Lipinski definition) is 2. The van der Waals surface area contributed by atoms with E-state index in [1.54, 1.807) is 12.1 Å². The van der Waals surface area contributed by atoms with E-state index < -0.39 is 10.0 Å². The molecular weight excluding hydrogens is 428 g/mol. The van der Waals surface area contributed by atoms with Gasteiger partial charge in [0.05, 0.1) is 4.90 Å². The molecular formula is C15H19BrN4O3S2. The van der Waals surface area contributed by atoms with Crippen LogP contribution in [0.4, 0.5) is 5.13 Å². The van der Waals surface area contributed by atoms with Crippen LogP contribution >= 0.6 is 27.3 Å². The number of nitrogens with one attached hydrogen (secondary N) is 2. The molecule has 0 atom stereocenters. The van der Waals surface area contributed by atoms with Crippen LogP contribution in [0.5, 0.6) is 0 Å². The van der Waals surface area contributed by atoms with Crippen LogP contribution in [0.25, 0.3) is 0 Å². The fourth-order valence-electron chi connectivity index (χ4n) is 1.93. The van der Waals surface area contributed by atoms with Crippen molar-refractivity contribution in [1.82, 2.24) is 14.9 Å². The Morgan fingerprint density at radius 1 is 1.32 bits per heavy atom. The SMILES string of the molecule is CCCCc1nnc(NC(=O)CCNS(=O)(=O)c2cccc(Br)c2)s1. The van der Waals surface area contributed by atoms with Crippen molar-refractivity contribution in [2.24, 2.45) is 0 Å². The van der Waals surface area contributed by atoms with Crippen LogP contribution in [0.3, 0.4) is 0 Å². The summed E-state index contributed by atoms with van der Waals surface area (Å²) in [5.74, 6) is -0.310. The number of anilines is 1. The van der Waals surface area contributed by atoms with Gasteiger partial charge in [-0.3, -0.25) is 4.79 Å². The van der Waals surface area contributed by atoms with Gasteiger partial charge in [-0.25, -0.2) is 13.1 Å². The molecule has 2 aromatic rings. The molecule has 10 heteroatoms. The highest BCUT2D eigenvalue weighted by Gasteiger charge is 2.15. The van der Waals surface area contributed by atoms with E-state index in [4.69, 9.17) is 0 Å². The number of hydrogen-bond acceptors (Lipinski definition) is 6. The molecule has 0 unspecified atom stereocenters. The molecule has 0 saturated heterocycles. The van der Waals surface area contributed by atoms with Crippen molar-refractivity contribution in [1.29, 1.82) is 0 Å². The lowest BCUT2D eigenvalue weighted by atomic mass is 10.3. The number of carbonyl (C=O) groups excluding carboxylic acids is 1. The normalized spacial score (nSPS) is 11.4. The zero-order valence-electron chi connectivity index (χ0n) is 13.7. The van der Waals surface area contributed by atoms with E-state index in [2.05, 4.69) is 43.1 Å². The summed E-state index contributed by atoms with van der Waals surface area (Å²) in [6.07, 6.45) is 2.95. The van der Waals surface area contributed by atoms with Crippen LogP contribution in [0, 0.1) is 0 Å². The third-order valence-corrected chi connectivity index (χ3v) is 6.06. The van der Waals surface area contributed by atoms with Crippen LogP contribution < -0.4 is 10.0 Å². The fourth-order valence-corrected chi connectivity index (χ4v) is 4.36. The number of nitrogens with zero attached hydrogens (tertiary/aromatic N) is 2. The lowest BCUT2D eigenvalue weighted by Gasteiger charge is -2.06. The maximum Gasteiger partial charge on any atom is 0.240 e. The van der Waals surface area contributed by atoms with Crippen molar-refractivity contribution in [3.8, 4) is 0 Å². The largest absolute Gasteiger partial charge is 0.300 e. The number of halogens is 1. The number of sulfonamides is 1. The van der Waals surface area contributed by atoms with Gasteiger partial charge in [0.2, 0.25) is 21.1 Å². The van der Waals surface area contributed by atoms with Gasteiger partial charge < -0.3 is 5.32 Å². The molecule has 25 heavy (non-hydrogen) atoms. The molecule has 1 aromatic heterocycles. The monoisotopic (exact) mass is 446 g/mol. The zero-order valence-corrected chi connectivity index (χ0v) is 16.9. The minimum atomic E-state index is -3.64. The standard InChI is InChI=1S/C15H19BrN4O3S2/c1-2-3-7-14-19-20-15(24-14)18-13(21)8-9-17-25(22,23)12-6-4-5-11(16)10-12/h4-6,10,17H,2-3,7-9H2,1H3,(H,18,20,21).